The highest BCUT2D eigenvalue weighted by Crippen LogP contribution is 2.28. The van der Waals surface area contributed by atoms with Crippen LogP contribution in [-0.4, -0.2) is 65.8 Å². The van der Waals surface area contributed by atoms with Gasteiger partial charge in [-0.3, -0.25) is 14.4 Å². The lowest BCUT2D eigenvalue weighted by molar-refractivity contribution is -0.151. The van der Waals surface area contributed by atoms with E-state index in [1.807, 2.05) is 9.80 Å². The Labute approximate surface area is 175 Å². The van der Waals surface area contributed by atoms with Crippen molar-refractivity contribution in [1.82, 2.24) is 15.1 Å². The van der Waals surface area contributed by atoms with Crippen LogP contribution in [0.5, 0.6) is 0 Å². The van der Waals surface area contributed by atoms with Gasteiger partial charge in [0.15, 0.2) is 0 Å². The van der Waals surface area contributed by atoms with E-state index in [9.17, 15) is 14.4 Å². The molecule has 0 bridgehead atoms. The fourth-order valence-electron chi connectivity index (χ4n) is 4.46. The highest BCUT2D eigenvalue weighted by atomic mass is 16.2. The maximum absolute atomic E-state index is 13.5. The number of carbonyl (C=O) groups excluding carboxylic acids is 3. The monoisotopic (exact) mass is 408 g/mol. The van der Waals surface area contributed by atoms with E-state index in [-0.39, 0.29) is 35.1 Å². The van der Waals surface area contributed by atoms with Crippen molar-refractivity contribution >= 4 is 17.7 Å². The SMILES string of the molecule is CCCCC1NCCN(C(CC(C)(C)C)C(=O)N2CCC(CC(N)=O)CC2)C1=O. The highest BCUT2D eigenvalue weighted by molar-refractivity contribution is 5.90. The summed E-state index contributed by atoms with van der Waals surface area (Å²) in [7, 11) is 0. The lowest BCUT2D eigenvalue weighted by Gasteiger charge is -2.43. The van der Waals surface area contributed by atoms with Gasteiger partial charge in [0.1, 0.15) is 6.04 Å². The summed E-state index contributed by atoms with van der Waals surface area (Å²) in [4.78, 5) is 41.6. The molecule has 2 atom stereocenters. The fourth-order valence-corrected chi connectivity index (χ4v) is 4.46. The normalized spacial score (nSPS) is 22.6. The van der Waals surface area contributed by atoms with Gasteiger partial charge in [0, 0.05) is 32.6 Å². The number of piperazine rings is 1. The maximum atomic E-state index is 13.5. The standard InChI is InChI=1S/C22H40N4O3/c1-5-6-7-17-20(28)26(13-10-24-17)18(15-22(2,3)4)21(29)25-11-8-16(9-12-25)14-19(23)27/h16-18,24H,5-15H2,1-4H3,(H2,23,27). The smallest absolute Gasteiger partial charge is 0.245 e. The molecule has 7 nitrogen and oxygen atoms in total. The summed E-state index contributed by atoms with van der Waals surface area (Å²) < 4.78 is 0. The number of amides is 3. The van der Waals surface area contributed by atoms with Crippen molar-refractivity contribution in [2.75, 3.05) is 26.2 Å². The van der Waals surface area contributed by atoms with Crippen molar-refractivity contribution < 1.29 is 14.4 Å². The van der Waals surface area contributed by atoms with Gasteiger partial charge < -0.3 is 20.9 Å². The molecule has 7 heteroatoms. The summed E-state index contributed by atoms with van der Waals surface area (Å²) >= 11 is 0. The molecule has 2 heterocycles. The molecule has 0 saturated carbocycles. The number of nitrogens with zero attached hydrogens (tertiary/aromatic N) is 2. The van der Waals surface area contributed by atoms with Crippen LogP contribution in [0.2, 0.25) is 0 Å². The second-order valence-electron chi connectivity index (χ2n) is 9.90. The quantitative estimate of drug-likeness (QED) is 0.641. The van der Waals surface area contributed by atoms with Crippen LogP contribution in [0, 0.1) is 11.3 Å². The van der Waals surface area contributed by atoms with Crippen molar-refractivity contribution in [2.24, 2.45) is 17.1 Å². The third-order valence-electron chi connectivity index (χ3n) is 6.05. The first-order valence-corrected chi connectivity index (χ1v) is 11.2. The second kappa shape index (κ2) is 10.4. The summed E-state index contributed by atoms with van der Waals surface area (Å²) in [5.74, 6) is 0.111. The predicted molar refractivity (Wildman–Crippen MR) is 114 cm³/mol. The number of hydrogen-bond donors (Lipinski definition) is 2. The number of likely N-dealkylation sites (tertiary alicyclic amines) is 1. The average Bonchev–Trinajstić information content (AvgIpc) is 2.64. The first-order valence-electron chi connectivity index (χ1n) is 11.2. The molecule has 2 aliphatic heterocycles. The third-order valence-corrected chi connectivity index (χ3v) is 6.05. The zero-order valence-electron chi connectivity index (χ0n) is 18.7. The van der Waals surface area contributed by atoms with Gasteiger partial charge in [0.25, 0.3) is 0 Å². The van der Waals surface area contributed by atoms with E-state index < -0.39 is 6.04 Å². The van der Waals surface area contributed by atoms with Crippen LogP contribution in [0.3, 0.4) is 0 Å². The molecule has 0 aromatic rings. The van der Waals surface area contributed by atoms with Crippen molar-refractivity contribution in [3.05, 3.63) is 0 Å². The molecule has 166 valence electrons. The number of rotatable bonds is 8. The van der Waals surface area contributed by atoms with Crippen LogP contribution in [0.4, 0.5) is 0 Å². The van der Waals surface area contributed by atoms with Crippen molar-refractivity contribution in [3.8, 4) is 0 Å². The molecule has 2 unspecified atom stereocenters. The lowest BCUT2D eigenvalue weighted by Crippen LogP contribution is -2.62. The van der Waals surface area contributed by atoms with Gasteiger partial charge in [-0.25, -0.2) is 0 Å². The summed E-state index contributed by atoms with van der Waals surface area (Å²) in [6.45, 7) is 11.1. The van der Waals surface area contributed by atoms with E-state index in [1.54, 1.807) is 0 Å². The minimum absolute atomic E-state index is 0.0574. The number of unbranched alkanes of at least 4 members (excludes halogenated alkanes) is 1. The first-order chi connectivity index (χ1) is 13.6. The average molecular weight is 409 g/mol. The number of carbonyl (C=O) groups is 3. The van der Waals surface area contributed by atoms with Crippen LogP contribution in [0.1, 0.15) is 72.6 Å². The lowest BCUT2D eigenvalue weighted by atomic mass is 9.85. The molecule has 2 aliphatic rings. The molecule has 3 N–H and O–H groups in total. The van der Waals surface area contributed by atoms with E-state index in [1.165, 1.54) is 0 Å². The van der Waals surface area contributed by atoms with Crippen LogP contribution in [0.15, 0.2) is 0 Å². The Morgan fingerprint density at radius 1 is 1.21 bits per heavy atom. The Bertz CT molecular complexity index is 579. The Morgan fingerprint density at radius 2 is 1.86 bits per heavy atom. The van der Waals surface area contributed by atoms with Crippen molar-refractivity contribution in [1.29, 1.82) is 0 Å². The zero-order valence-corrected chi connectivity index (χ0v) is 18.7. The fraction of sp³-hybridized carbons (Fsp3) is 0.864. The largest absolute Gasteiger partial charge is 0.370 e. The van der Waals surface area contributed by atoms with Crippen LogP contribution < -0.4 is 11.1 Å². The highest BCUT2D eigenvalue weighted by Gasteiger charge is 2.40. The summed E-state index contributed by atoms with van der Waals surface area (Å²) in [6, 6.07) is -0.596. The Hall–Kier alpha value is -1.63. The van der Waals surface area contributed by atoms with Gasteiger partial charge in [0.05, 0.1) is 6.04 Å². The molecule has 0 aromatic carbocycles. The van der Waals surface area contributed by atoms with E-state index in [4.69, 9.17) is 5.73 Å². The molecular formula is C22H40N4O3. The molecular weight excluding hydrogens is 368 g/mol. The molecule has 0 radical (unpaired) electrons. The maximum Gasteiger partial charge on any atom is 0.245 e. The number of nitrogens with two attached hydrogens (primary N) is 1. The Balaban J connectivity index is 2.10. The van der Waals surface area contributed by atoms with Gasteiger partial charge in [-0.15, -0.1) is 0 Å². The Morgan fingerprint density at radius 3 is 2.41 bits per heavy atom. The van der Waals surface area contributed by atoms with Crippen LogP contribution >= 0.6 is 0 Å². The number of hydrogen-bond acceptors (Lipinski definition) is 4. The van der Waals surface area contributed by atoms with Gasteiger partial charge in [-0.1, -0.05) is 40.5 Å². The van der Waals surface area contributed by atoms with Gasteiger partial charge >= 0.3 is 0 Å². The number of nitrogens with one attached hydrogen (secondary N) is 1. The molecule has 0 aromatic heterocycles. The van der Waals surface area contributed by atoms with Gasteiger partial charge in [0.2, 0.25) is 17.7 Å². The molecule has 0 spiro atoms. The molecule has 0 aliphatic carbocycles. The topological polar surface area (TPSA) is 95.7 Å². The summed E-state index contributed by atoms with van der Waals surface area (Å²) in [5, 5.41) is 3.33. The number of primary amides is 1. The minimum Gasteiger partial charge on any atom is -0.370 e. The van der Waals surface area contributed by atoms with E-state index in [0.717, 1.165) is 38.6 Å². The predicted octanol–water partition coefficient (Wildman–Crippen LogP) is 1.90. The van der Waals surface area contributed by atoms with E-state index in [0.29, 0.717) is 32.5 Å². The molecule has 2 saturated heterocycles. The molecule has 3 amide bonds. The van der Waals surface area contributed by atoms with E-state index >= 15 is 0 Å². The second-order valence-corrected chi connectivity index (χ2v) is 9.90. The van der Waals surface area contributed by atoms with Crippen molar-refractivity contribution in [2.45, 2.75) is 84.7 Å². The molecule has 2 fully saturated rings. The first kappa shape index (κ1) is 23.6. The van der Waals surface area contributed by atoms with E-state index in [2.05, 4.69) is 33.0 Å². The summed E-state index contributed by atoms with van der Waals surface area (Å²) in [5.41, 5.74) is 5.27. The molecule has 2 rings (SSSR count). The van der Waals surface area contributed by atoms with Crippen molar-refractivity contribution in [3.63, 3.8) is 0 Å². The van der Waals surface area contributed by atoms with Crippen LogP contribution in [-0.2, 0) is 14.4 Å². The molecule has 29 heavy (non-hydrogen) atoms. The van der Waals surface area contributed by atoms with Gasteiger partial charge in [-0.2, -0.15) is 0 Å². The third kappa shape index (κ3) is 6.98. The number of piperidine rings is 1. The van der Waals surface area contributed by atoms with Gasteiger partial charge in [-0.05, 0) is 37.0 Å². The minimum atomic E-state index is -0.415. The summed E-state index contributed by atoms with van der Waals surface area (Å²) in [6.07, 6.45) is 5.51. The van der Waals surface area contributed by atoms with Crippen LogP contribution in [0.25, 0.3) is 0 Å². The Kier molecular flexibility index (Phi) is 8.49. The zero-order chi connectivity index (χ0) is 21.6.